The van der Waals surface area contributed by atoms with E-state index in [1.54, 1.807) is 6.26 Å². The van der Waals surface area contributed by atoms with Crippen LogP contribution in [0.5, 0.6) is 0 Å². The van der Waals surface area contributed by atoms with Gasteiger partial charge in [-0.1, -0.05) is 27.2 Å². The van der Waals surface area contributed by atoms with Crippen LogP contribution in [0.3, 0.4) is 0 Å². The van der Waals surface area contributed by atoms with Crippen molar-refractivity contribution >= 4 is 0 Å². The topological polar surface area (TPSA) is 53.6 Å². The summed E-state index contributed by atoms with van der Waals surface area (Å²) < 4.78 is 5.88. The van der Waals surface area contributed by atoms with E-state index in [0.717, 1.165) is 37.0 Å². The first-order valence-electron chi connectivity index (χ1n) is 9.22. The van der Waals surface area contributed by atoms with Crippen molar-refractivity contribution < 1.29 is 14.6 Å². The average Bonchev–Trinajstić information content (AvgIpc) is 3.00. The SMILES string of the molecule is CC1(C)CCC[C@]2(CO)[C@H]3C[C@@H](O)c4ccoc4[C@]3(C)CC[C@@H]12. The van der Waals surface area contributed by atoms with Crippen LogP contribution in [0, 0.1) is 22.7 Å². The van der Waals surface area contributed by atoms with Crippen molar-refractivity contribution in [2.75, 3.05) is 6.61 Å². The molecule has 1 aromatic rings. The Labute approximate surface area is 139 Å². The molecule has 2 fully saturated rings. The Kier molecular flexibility index (Phi) is 3.32. The van der Waals surface area contributed by atoms with Crippen molar-refractivity contribution in [3.63, 3.8) is 0 Å². The molecule has 0 radical (unpaired) electrons. The Balaban J connectivity index is 1.85. The number of furan rings is 1. The molecule has 0 unspecified atom stereocenters. The quantitative estimate of drug-likeness (QED) is 0.816. The van der Waals surface area contributed by atoms with E-state index in [9.17, 15) is 10.2 Å². The van der Waals surface area contributed by atoms with Crippen molar-refractivity contribution in [1.82, 2.24) is 0 Å². The minimum Gasteiger partial charge on any atom is -0.468 e. The monoisotopic (exact) mass is 318 g/mol. The summed E-state index contributed by atoms with van der Waals surface area (Å²) in [6, 6.07) is 1.93. The number of rotatable bonds is 1. The van der Waals surface area contributed by atoms with Crippen molar-refractivity contribution in [3.05, 3.63) is 23.7 Å². The van der Waals surface area contributed by atoms with Gasteiger partial charge in [-0.3, -0.25) is 0 Å². The minimum absolute atomic E-state index is 0.0509. The zero-order chi connectivity index (χ0) is 16.5. The van der Waals surface area contributed by atoms with Crippen LogP contribution in [-0.2, 0) is 5.41 Å². The summed E-state index contributed by atoms with van der Waals surface area (Å²) in [4.78, 5) is 0. The third-order valence-corrected chi connectivity index (χ3v) is 7.84. The van der Waals surface area contributed by atoms with Gasteiger partial charge in [0.1, 0.15) is 5.76 Å². The van der Waals surface area contributed by atoms with Gasteiger partial charge in [-0.2, -0.15) is 0 Å². The highest BCUT2D eigenvalue weighted by molar-refractivity contribution is 5.34. The molecule has 0 aromatic carbocycles. The fourth-order valence-corrected chi connectivity index (χ4v) is 6.81. The zero-order valence-corrected chi connectivity index (χ0v) is 14.6. The lowest BCUT2D eigenvalue weighted by Gasteiger charge is -2.64. The predicted octanol–water partition coefficient (Wildman–Crippen LogP) is 4.19. The second-order valence-corrected chi connectivity index (χ2v) is 9.25. The molecule has 0 bridgehead atoms. The van der Waals surface area contributed by atoms with Crippen molar-refractivity contribution in [1.29, 1.82) is 0 Å². The van der Waals surface area contributed by atoms with Gasteiger partial charge in [0.2, 0.25) is 0 Å². The van der Waals surface area contributed by atoms with Crippen LogP contribution < -0.4 is 0 Å². The van der Waals surface area contributed by atoms with Gasteiger partial charge in [0.05, 0.1) is 12.4 Å². The summed E-state index contributed by atoms with van der Waals surface area (Å²) in [6.07, 6.45) is 7.79. The molecule has 2 saturated carbocycles. The molecule has 3 aliphatic rings. The molecule has 1 aromatic heterocycles. The summed E-state index contributed by atoms with van der Waals surface area (Å²) in [5.41, 5.74) is 1.13. The van der Waals surface area contributed by atoms with E-state index < -0.39 is 6.10 Å². The third-order valence-electron chi connectivity index (χ3n) is 7.84. The molecule has 0 aliphatic heterocycles. The lowest BCUT2D eigenvalue weighted by atomic mass is 9.41. The molecule has 3 nitrogen and oxygen atoms in total. The normalized spacial score (nSPS) is 45.0. The molecule has 0 spiro atoms. The van der Waals surface area contributed by atoms with Gasteiger partial charge >= 0.3 is 0 Å². The van der Waals surface area contributed by atoms with Crippen LogP contribution in [0.15, 0.2) is 16.7 Å². The fourth-order valence-electron chi connectivity index (χ4n) is 6.81. The minimum atomic E-state index is -0.450. The first kappa shape index (κ1) is 15.7. The van der Waals surface area contributed by atoms with E-state index >= 15 is 0 Å². The molecule has 23 heavy (non-hydrogen) atoms. The molecule has 3 aliphatic carbocycles. The van der Waals surface area contributed by atoms with Gasteiger partial charge < -0.3 is 14.6 Å². The molecular formula is C20H30O3. The van der Waals surface area contributed by atoms with E-state index in [-0.39, 0.29) is 22.9 Å². The summed E-state index contributed by atoms with van der Waals surface area (Å²) in [5.74, 6) is 1.82. The molecule has 0 saturated heterocycles. The van der Waals surface area contributed by atoms with Crippen LogP contribution in [0.2, 0.25) is 0 Å². The van der Waals surface area contributed by atoms with Crippen molar-refractivity contribution in [2.45, 2.75) is 70.8 Å². The number of hydrogen-bond acceptors (Lipinski definition) is 3. The maximum absolute atomic E-state index is 10.7. The van der Waals surface area contributed by atoms with Gasteiger partial charge in [-0.25, -0.2) is 0 Å². The van der Waals surface area contributed by atoms with E-state index in [2.05, 4.69) is 20.8 Å². The van der Waals surface area contributed by atoms with E-state index in [1.165, 1.54) is 12.8 Å². The second kappa shape index (κ2) is 4.86. The Morgan fingerprint density at radius 1 is 1.17 bits per heavy atom. The van der Waals surface area contributed by atoms with Gasteiger partial charge in [0, 0.05) is 23.0 Å². The van der Waals surface area contributed by atoms with Crippen molar-refractivity contribution in [3.8, 4) is 0 Å². The third kappa shape index (κ3) is 1.90. The molecule has 2 N–H and O–H groups in total. The molecule has 3 heteroatoms. The molecular weight excluding hydrogens is 288 g/mol. The lowest BCUT2D eigenvalue weighted by Crippen LogP contribution is -2.60. The number of aliphatic hydroxyl groups excluding tert-OH is 2. The molecule has 4 rings (SSSR count). The van der Waals surface area contributed by atoms with Gasteiger partial charge in [0.25, 0.3) is 0 Å². The van der Waals surface area contributed by atoms with E-state index in [4.69, 9.17) is 4.42 Å². The number of fused-ring (bicyclic) bond motifs is 5. The molecule has 5 atom stereocenters. The van der Waals surface area contributed by atoms with Crippen LogP contribution in [0.1, 0.15) is 76.7 Å². The molecule has 0 amide bonds. The van der Waals surface area contributed by atoms with Gasteiger partial charge in [-0.15, -0.1) is 0 Å². The Hall–Kier alpha value is -0.800. The first-order valence-corrected chi connectivity index (χ1v) is 9.22. The highest BCUT2D eigenvalue weighted by atomic mass is 16.3. The summed E-state index contributed by atoms with van der Waals surface area (Å²) >= 11 is 0. The van der Waals surface area contributed by atoms with E-state index in [0.29, 0.717) is 11.8 Å². The summed E-state index contributed by atoms with van der Waals surface area (Å²) in [5, 5.41) is 21.2. The van der Waals surface area contributed by atoms with Crippen LogP contribution >= 0.6 is 0 Å². The summed E-state index contributed by atoms with van der Waals surface area (Å²) in [7, 11) is 0. The highest BCUT2D eigenvalue weighted by Crippen LogP contribution is 2.67. The molecule has 128 valence electrons. The van der Waals surface area contributed by atoms with Crippen LogP contribution in [0.25, 0.3) is 0 Å². The largest absolute Gasteiger partial charge is 0.468 e. The smallest absolute Gasteiger partial charge is 0.115 e. The number of hydrogen-bond donors (Lipinski definition) is 2. The van der Waals surface area contributed by atoms with Crippen LogP contribution in [0.4, 0.5) is 0 Å². The lowest BCUT2D eigenvalue weighted by molar-refractivity contribution is -0.159. The Morgan fingerprint density at radius 3 is 2.70 bits per heavy atom. The maximum Gasteiger partial charge on any atom is 0.115 e. The highest BCUT2D eigenvalue weighted by Gasteiger charge is 2.63. The fraction of sp³-hybridized carbons (Fsp3) is 0.800. The average molecular weight is 318 g/mol. The predicted molar refractivity (Wildman–Crippen MR) is 89.0 cm³/mol. The summed E-state index contributed by atoms with van der Waals surface area (Å²) in [6.45, 7) is 7.30. The second-order valence-electron chi connectivity index (χ2n) is 9.25. The van der Waals surface area contributed by atoms with Gasteiger partial charge in [0.15, 0.2) is 0 Å². The first-order chi connectivity index (χ1) is 10.8. The van der Waals surface area contributed by atoms with Crippen molar-refractivity contribution in [2.24, 2.45) is 22.7 Å². The zero-order valence-electron chi connectivity index (χ0n) is 14.6. The number of aliphatic hydroxyl groups is 2. The maximum atomic E-state index is 10.7. The van der Waals surface area contributed by atoms with E-state index in [1.807, 2.05) is 6.07 Å². The standard InChI is InChI=1S/C20H30O3/c1-18(2)7-4-8-20(12-21)15(18)5-9-19(3)16(20)11-14(22)13-6-10-23-17(13)19/h6,10,14-16,21-22H,4-5,7-9,11-12H2,1-3H3/t14-,15+,16+,19-,20-/m1/s1. The Morgan fingerprint density at radius 2 is 1.96 bits per heavy atom. The van der Waals surface area contributed by atoms with Gasteiger partial charge in [-0.05, 0) is 55.4 Å². The Bertz CT molecular complexity index is 604. The van der Waals surface area contributed by atoms with Crippen LogP contribution in [-0.4, -0.2) is 16.8 Å². The molecule has 1 heterocycles.